The lowest BCUT2D eigenvalue weighted by molar-refractivity contribution is -0.120. The molecule has 0 aliphatic heterocycles. The van der Waals surface area contributed by atoms with Gasteiger partial charge in [-0.2, -0.15) is 0 Å². The van der Waals surface area contributed by atoms with Gasteiger partial charge in [0, 0.05) is 17.1 Å². The van der Waals surface area contributed by atoms with Crippen LogP contribution in [-0.2, 0) is 11.2 Å². The average molecular weight is 320 g/mol. The van der Waals surface area contributed by atoms with Crippen molar-refractivity contribution in [2.75, 3.05) is 6.54 Å². The van der Waals surface area contributed by atoms with E-state index >= 15 is 0 Å². The maximum atomic E-state index is 13.5. The van der Waals surface area contributed by atoms with Crippen molar-refractivity contribution in [1.82, 2.24) is 5.32 Å². The van der Waals surface area contributed by atoms with E-state index in [1.54, 1.807) is 6.07 Å². The fourth-order valence-electron chi connectivity index (χ4n) is 1.89. The van der Waals surface area contributed by atoms with Crippen molar-refractivity contribution in [2.24, 2.45) is 5.41 Å². The molecule has 0 fully saturated rings. The van der Waals surface area contributed by atoms with Gasteiger partial charge < -0.3 is 5.32 Å². The number of hydrogen-bond acceptors (Lipinski definition) is 1. The number of nitrogens with one attached hydrogen (secondary N) is 1. The van der Waals surface area contributed by atoms with Gasteiger partial charge in [-0.3, -0.25) is 4.79 Å². The third kappa shape index (κ3) is 6.10. The third-order valence-electron chi connectivity index (χ3n) is 2.75. The first-order valence-electron chi connectivity index (χ1n) is 6.53. The summed E-state index contributed by atoms with van der Waals surface area (Å²) in [6.07, 6.45) is 0.708. The molecule has 5 heteroatoms. The monoisotopic (exact) mass is 319 g/mol. The van der Waals surface area contributed by atoms with Crippen LogP contribution >= 0.6 is 23.2 Å². The largest absolute Gasteiger partial charge is 0.354 e. The van der Waals surface area contributed by atoms with Crippen LogP contribution in [0.2, 0.25) is 5.02 Å². The summed E-state index contributed by atoms with van der Waals surface area (Å²) in [7, 11) is 0. The van der Waals surface area contributed by atoms with E-state index < -0.39 is 5.82 Å². The first-order chi connectivity index (χ1) is 9.19. The topological polar surface area (TPSA) is 29.1 Å². The number of hydrogen-bond donors (Lipinski definition) is 1. The molecule has 1 N–H and O–H groups in total. The molecule has 1 unspecified atom stereocenters. The van der Waals surface area contributed by atoms with Gasteiger partial charge in [0.2, 0.25) is 5.91 Å². The highest BCUT2D eigenvalue weighted by molar-refractivity contribution is 6.31. The fraction of sp³-hybridized carbons (Fsp3) is 0.533. The van der Waals surface area contributed by atoms with Crippen LogP contribution in [0.25, 0.3) is 0 Å². The highest BCUT2D eigenvalue weighted by Crippen LogP contribution is 2.23. The first-order valence-corrected chi connectivity index (χ1v) is 7.34. The molecule has 1 aromatic rings. The van der Waals surface area contributed by atoms with Gasteiger partial charge in [-0.1, -0.05) is 38.4 Å². The Labute approximate surface area is 129 Å². The van der Waals surface area contributed by atoms with Crippen LogP contribution in [0.5, 0.6) is 0 Å². The minimum Gasteiger partial charge on any atom is -0.354 e. The van der Waals surface area contributed by atoms with E-state index in [-0.39, 0.29) is 33.7 Å². The molecule has 0 aromatic heterocycles. The molecular formula is C15H20Cl2FNO. The Morgan fingerprint density at radius 3 is 2.60 bits per heavy atom. The highest BCUT2D eigenvalue weighted by atomic mass is 35.5. The van der Waals surface area contributed by atoms with Gasteiger partial charge >= 0.3 is 0 Å². The van der Waals surface area contributed by atoms with Crippen LogP contribution in [0.15, 0.2) is 18.2 Å². The predicted molar refractivity (Wildman–Crippen MR) is 81.8 cm³/mol. The summed E-state index contributed by atoms with van der Waals surface area (Å²) in [5, 5.41) is 2.83. The van der Waals surface area contributed by atoms with Gasteiger partial charge in [-0.05, 0) is 24.0 Å². The minimum atomic E-state index is -0.468. The normalized spacial score (nSPS) is 13.1. The van der Waals surface area contributed by atoms with Crippen molar-refractivity contribution in [1.29, 1.82) is 0 Å². The molecule has 0 heterocycles. The van der Waals surface area contributed by atoms with Crippen molar-refractivity contribution < 1.29 is 9.18 Å². The zero-order valence-electron chi connectivity index (χ0n) is 12.0. The lowest BCUT2D eigenvalue weighted by Gasteiger charge is -2.22. The molecule has 0 aliphatic rings. The Balaban J connectivity index is 2.49. The Kier molecular flexibility index (Phi) is 6.28. The summed E-state index contributed by atoms with van der Waals surface area (Å²) in [6.45, 7) is 6.62. The van der Waals surface area contributed by atoms with Gasteiger partial charge in [0.15, 0.2) is 0 Å². The molecule has 1 aromatic carbocycles. The quantitative estimate of drug-likeness (QED) is 0.810. The number of halogens is 3. The average Bonchev–Trinajstić information content (AvgIpc) is 2.29. The standard InChI is InChI=1S/C15H20Cl2FNO/c1-15(2,3)8-10(16)9-19-14(20)7-11-12(17)5-4-6-13(11)18/h4-6,10H,7-9H2,1-3H3,(H,19,20). The zero-order valence-corrected chi connectivity index (χ0v) is 13.5. The van der Waals surface area contributed by atoms with E-state index in [1.165, 1.54) is 12.1 Å². The van der Waals surface area contributed by atoms with Crippen molar-refractivity contribution in [3.05, 3.63) is 34.6 Å². The molecule has 1 atom stereocenters. The minimum absolute atomic E-state index is 0.0787. The second kappa shape index (κ2) is 7.28. The summed E-state index contributed by atoms with van der Waals surface area (Å²) < 4.78 is 13.5. The Hall–Kier alpha value is -0.800. The van der Waals surface area contributed by atoms with E-state index in [4.69, 9.17) is 23.2 Å². The van der Waals surface area contributed by atoms with Crippen molar-refractivity contribution >= 4 is 29.1 Å². The van der Waals surface area contributed by atoms with Crippen LogP contribution in [0.4, 0.5) is 4.39 Å². The third-order valence-corrected chi connectivity index (χ3v) is 3.42. The van der Waals surface area contributed by atoms with Crippen molar-refractivity contribution in [3.8, 4) is 0 Å². The van der Waals surface area contributed by atoms with Gasteiger partial charge in [0.05, 0.1) is 11.8 Å². The van der Waals surface area contributed by atoms with Crippen LogP contribution in [0.3, 0.4) is 0 Å². The van der Waals surface area contributed by atoms with Crippen molar-refractivity contribution in [2.45, 2.75) is 39.0 Å². The van der Waals surface area contributed by atoms with E-state index in [0.29, 0.717) is 6.54 Å². The second-order valence-electron chi connectivity index (χ2n) is 6.04. The van der Waals surface area contributed by atoms with Gasteiger partial charge in [-0.25, -0.2) is 4.39 Å². The highest BCUT2D eigenvalue weighted by Gasteiger charge is 2.18. The van der Waals surface area contributed by atoms with Crippen LogP contribution in [0.1, 0.15) is 32.8 Å². The lowest BCUT2D eigenvalue weighted by Crippen LogP contribution is -2.32. The van der Waals surface area contributed by atoms with Crippen molar-refractivity contribution in [3.63, 3.8) is 0 Å². The number of benzene rings is 1. The maximum absolute atomic E-state index is 13.5. The number of carbonyl (C=O) groups is 1. The van der Waals surface area contributed by atoms with E-state index in [9.17, 15) is 9.18 Å². The van der Waals surface area contributed by atoms with Crippen LogP contribution < -0.4 is 5.32 Å². The lowest BCUT2D eigenvalue weighted by atomic mass is 9.90. The maximum Gasteiger partial charge on any atom is 0.224 e. The SMILES string of the molecule is CC(C)(C)CC(Cl)CNC(=O)Cc1c(F)cccc1Cl. The summed E-state index contributed by atoms with van der Waals surface area (Å²) in [5.41, 5.74) is 0.319. The molecule has 0 bridgehead atoms. The van der Waals surface area contributed by atoms with Gasteiger partial charge in [-0.15, -0.1) is 11.6 Å². The Bertz CT molecular complexity index is 451. The molecule has 0 spiro atoms. The number of amides is 1. The summed E-state index contributed by atoms with van der Waals surface area (Å²) in [4.78, 5) is 11.8. The van der Waals surface area contributed by atoms with E-state index in [2.05, 4.69) is 26.1 Å². The van der Waals surface area contributed by atoms with Gasteiger partial charge in [0.1, 0.15) is 5.82 Å². The summed E-state index contributed by atoms with van der Waals surface area (Å²) >= 11 is 12.0. The molecule has 0 saturated heterocycles. The number of carbonyl (C=O) groups excluding carboxylic acids is 1. The Morgan fingerprint density at radius 2 is 2.05 bits per heavy atom. The van der Waals surface area contributed by atoms with Gasteiger partial charge in [0.25, 0.3) is 0 Å². The van der Waals surface area contributed by atoms with E-state index in [0.717, 1.165) is 6.42 Å². The fourth-order valence-corrected chi connectivity index (χ4v) is 2.66. The second-order valence-corrected chi connectivity index (χ2v) is 7.07. The van der Waals surface area contributed by atoms with Crippen LogP contribution in [0, 0.1) is 11.2 Å². The molecule has 0 aliphatic carbocycles. The first kappa shape index (κ1) is 17.3. The molecule has 2 nitrogen and oxygen atoms in total. The number of rotatable bonds is 5. The molecule has 0 radical (unpaired) electrons. The molecule has 1 amide bonds. The zero-order chi connectivity index (χ0) is 15.3. The molecule has 20 heavy (non-hydrogen) atoms. The van der Waals surface area contributed by atoms with E-state index in [1.807, 2.05) is 0 Å². The molecular weight excluding hydrogens is 300 g/mol. The molecule has 1 rings (SSSR count). The smallest absolute Gasteiger partial charge is 0.224 e. The molecule has 0 saturated carbocycles. The number of alkyl halides is 1. The Morgan fingerprint density at radius 1 is 1.40 bits per heavy atom. The summed E-state index contributed by atoms with van der Waals surface area (Å²) in [6, 6.07) is 4.37. The predicted octanol–water partition coefficient (Wildman–Crippen LogP) is 4.18. The molecule has 112 valence electrons. The van der Waals surface area contributed by atoms with Crippen LogP contribution in [-0.4, -0.2) is 17.8 Å². The summed E-state index contributed by atoms with van der Waals surface area (Å²) in [5.74, 6) is -0.749.